The first-order valence-electron chi connectivity index (χ1n) is 3.23. The summed E-state index contributed by atoms with van der Waals surface area (Å²) in [5, 5.41) is 17.0. The molecule has 0 aromatic carbocycles. The quantitative estimate of drug-likeness (QED) is 0.434. The monoisotopic (exact) mass is 130 g/mol. The van der Waals surface area contributed by atoms with Gasteiger partial charge in [0.1, 0.15) is 0 Å². The number of aliphatic hydroxyl groups excluding tert-OH is 2. The van der Waals surface area contributed by atoms with Crippen LogP contribution in [0.1, 0.15) is 19.8 Å². The van der Waals surface area contributed by atoms with E-state index in [9.17, 15) is 0 Å². The predicted octanol–water partition coefficient (Wildman–Crippen LogP) is 0.696. The molecule has 0 aliphatic rings. The van der Waals surface area contributed by atoms with E-state index in [1.807, 2.05) is 6.08 Å². The Balaban J connectivity index is 3.04. The number of unbranched alkanes of at least 4 members (excludes halogenated alkanes) is 1. The van der Waals surface area contributed by atoms with Gasteiger partial charge in [-0.25, -0.2) is 0 Å². The van der Waals surface area contributed by atoms with E-state index in [2.05, 4.69) is 0 Å². The molecule has 0 bridgehead atoms. The van der Waals surface area contributed by atoms with Crippen molar-refractivity contribution in [2.45, 2.75) is 25.9 Å². The van der Waals surface area contributed by atoms with E-state index >= 15 is 0 Å². The highest BCUT2D eigenvalue weighted by molar-refractivity contribution is 4.85. The predicted molar refractivity (Wildman–Crippen MR) is 37.1 cm³/mol. The first-order valence-corrected chi connectivity index (χ1v) is 3.23. The molecule has 0 spiro atoms. The molecule has 0 rings (SSSR count). The number of hydrogen-bond acceptors (Lipinski definition) is 2. The molecule has 0 aromatic rings. The van der Waals surface area contributed by atoms with Gasteiger partial charge in [-0.3, -0.25) is 0 Å². The van der Waals surface area contributed by atoms with E-state index < -0.39 is 0 Å². The summed E-state index contributed by atoms with van der Waals surface area (Å²) < 4.78 is 0. The molecule has 9 heavy (non-hydrogen) atoms. The van der Waals surface area contributed by atoms with E-state index in [0.29, 0.717) is 0 Å². The van der Waals surface area contributed by atoms with Gasteiger partial charge in [0.2, 0.25) is 0 Å². The van der Waals surface area contributed by atoms with Crippen LogP contribution in [0.25, 0.3) is 0 Å². The molecule has 0 fully saturated rings. The van der Waals surface area contributed by atoms with Crippen molar-refractivity contribution in [1.82, 2.24) is 0 Å². The van der Waals surface area contributed by atoms with E-state index in [0.717, 1.165) is 12.8 Å². The highest BCUT2D eigenvalue weighted by Crippen LogP contribution is 1.90. The van der Waals surface area contributed by atoms with Crippen molar-refractivity contribution in [2.75, 3.05) is 6.61 Å². The van der Waals surface area contributed by atoms with E-state index in [-0.39, 0.29) is 12.7 Å². The Morgan fingerprint density at radius 2 is 2.22 bits per heavy atom. The van der Waals surface area contributed by atoms with Gasteiger partial charge in [0, 0.05) is 6.61 Å². The van der Waals surface area contributed by atoms with Gasteiger partial charge in [-0.1, -0.05) is 12.2 Å². The van der Waals surface area contributed by atoms with Gasteiger partial charge in [0.15, 0.2) is 0 Å². The van der Waals surface area contributed by atoms with Crippen LogP contribution in [0.15, 0.2) is 12.2 Å². The summed E-state index contributed by atoms with van der Waals surface area (Å²) in [6, 6.07) is 0. The Morgan fingerprint density at radius 3 is 2.67 bits per heavy atom. The smallest absolute Gasteiger partial charge is 0.0692 e. The molecule has 0 saturated carbocycles. The lowest BCUT2D eigenvalue weighted by atomic mass is 10.2. The van der Waals surface area contributed by atoms with Gasteiger partial charge in [0.05, 0.1) is 6.10 Å². The van der Waals surface area contributed by atoms with Gasteiger partial charge >= 0.3 is 0 Å². The van der Waals surface area contributed by atoms with Crippen LogP contribution < -0.4 is 0 Å². The second-order valence-electron chi connectivity index (χ2n) is 2.03. The molecule has 0 aliphatic heterocycles. The van der Waals surface area contributed by atoms with Crippen LogP contribution in [0.5, 0.6) is 0 Å². The third-order valence-corrected chi connectivity index (χ3v) is 0.944. The van der Waals surface area contributed by atoms with E-state index in [1.165, 1.54) is 0 Å². The summed E-state index contributed by atoms with van der Waals surface area (Å²) >= 11 is 0. The molecular formula is C7H14O2. The largest absolute Gasteiger partial charge is 0.396 e. The molecule has 0 unspecified atom stereocenters. The minimum Gasteiger partial charge on any atom is -0.396 e. The molecular weight excluding hydrogens is 116 g/mol. The normalized spacial score (nSPS) is 14.6. The summed E-state index contributed by atoms with van der Waals surface area (Å²) in [7, 11) is 0. The molecule has 0 amide bonds. The summed E-state index contributed by atoms with van der Waals surface area (Å²) in [6.07, 6.45) is 4.87. The molecule has 2 nitrogen and oxygen atoms in total. The molecule has 54 valence electrons. The lowest BCUT2D eigenvalue weighted by Gasteiger charge is -1.92. The lowest BCUT2D eigenvalue weighted by Crippen LogP contribution is -1.91. The zero-order chi connectivity index (χ0) is 7.11. The van der Waals surface area contributed by atoms with Crippen molar-refractivity contribution < 1.29 is 10.2 Å². The molecule has 2 heteroatoms. The van der Waals surface area contributed by atoms with E-state index in [1.54, 1.807) is 13.0 Å². The van der Waals surface area contributed by atoms with Crippen LogP contribution in [0.4, 0.5) is 0 Å². The number of aliphatic hydroxyl groups is 2. The van der Waals surface area contributed by atoms with Crippen LogP contribution >= 0.6 is 0 Å². The molecule has 2 N–H and O–H groups in total. The Bertz CT molecular complexity index is 77.0. The summed E-state index contributed by atoms with van der Waals surface area (Å²) in [5.74, 6) is 0. The van der Waals surface area contributed by atoms with Crippen molar-refractivity contribution >= 4 is 0 Å². The summed E-state index contributed by atoms with van der Waals surface area (Å²) in [5.41, 5.74) is 0. The van der Waals surface area contributed by atoms with Crippen molar-refractivity contribution in [3.05, 3.63) is 12.2 Å². The maximum Gasteiger partial charge on any atom is 0.0692 e. The fourth-order valence-corrected chi connectivity index (χ4v) is 0.502. The first kappa shape index (κ1) is 8.66. The third kappa shape index (κ3) is 7.66. The standard InChI is InChI=1S/C7H14O2/c1-7(9)5-3-2-4-6-8/h3,5,7-9H,2,4,6H2,1H3/b5-3+/t7-/m0/s1. The molecule has 0 saturated heterocycles. The summed E-state index contributed by atoms with van der Waals surface area (Å²) in [6.45, 7) is 1.93. The van der Waals surface area contributed by atoms with Gasteiger partial charge in [-0.05, 0) is 19.8 Å². The van der Waals surface area contributed by atoms with Crippen LogP contribution in [0.2, 0.25) is 0 Å². The Kier molecular flexibility index (Phi) is 5.57. The minimum atomic E-state index is -0.358. The van der Waals surface area contributed by atoms with Gasteiger partial charge in [0.25, 0.3) is 0 Å². The molecule has 0 aromatic heterocycles. The second-order valence-corrected chi connectivity index (χ2v) is 2.03. The van der Waals surface area contributed by atoms with E-state index in [4.69, 9.17) is 10.2 Å². The third-order valence-electron chi connectivity index (χ3n) is 0.944. The van der Waals surface area contributed by atoms with Crippen LogP contribution in [-0.2, 0) is 0 Å². The second kappa shape index (κ2) is 5.79. The maximum atomic E-state index is 8.70. The zero-order valence-corrected chi connectivity index (χ0v) is 5.75. The highest BCUT2D eigenvalue weighted by atomic mass is 16.3. The molecule has 1 atom stereocenters. The van der Waals surface area contributed by atoms with Crippen LogP contribution in [0, 0.1) is 0 Å². The fraction of sp³-hybridized carbons (Fsp3) is 0.714. The van der Waals surface area contributed by atoms with Crippen LogP contribution in [-0.4, -0.2) is 22.9 Å². The fourth-order valence-electron chi connectivity index (χ4n) is 0.502. The molecule has 0 heterocycles. The lowest BCUT2D eigenvalue weighted by molar-refractivity contribution is 0.243. The Labute approximate surface area is 55.8 Å². The van der Waals surface area contributed by atoms with Gasteiger partial charge in [-0.2, -0.15) is 0 Å². The van der Waals surface area contributed by atoms with Crippen molar-refractivity contribution in [3.8, 4) is 0 Å². The van der Waals surface area contributed by atoms with Crippen molar-refractivity contribution in [3.63, 3.8) is 0 Å². The Morgan fingerprint density at radius 1 is 1.56 bits per heavy atom. The number of allylic oxidation sites excluding steroid dienone is 1. The number of rotatable bonds is 4. The van der Waals surface area contributed by atoms with Crippen molar-refractivity contribution in [1.29, 1.82) is 0 Å². The van der Waals surface area contributed by atoms with Crippen LogP contribution in [0.3, 0.4) is 0 Å². The minimum absolute atomic E-state index is 0.226. The van der Waals surface area contributed by atoms with Gasteiger partial charge in [-0.15, -0.1) is 0 Å². The SMILES string of the molecule is C[C@H](O)/C=C/CCCO. The molecule has 0 radical (unpaired) electrons. The summed E-state index contributed by atoms with van der Waals surface area (Å²) in [4.78, 5) is 0. The average Bonchev–Trinajstić information content (AvgIpc) is 1.80. The first-order chi connectivity index (χ1) is 4.27. The topological polar surface area (TPSA) is 40.5 Å². The highest BCUT2D eigenvalue weighted by Gasteiger charge is 1.83. The Hall–Kier alpha value is -0.340. The van der Waals surface area contributed by atoms with Crippen molar-refractivity contribution in [2.24, 2.45) is 0 Å². The zero-order valence-electron chi connectivity index (χ0n) is 5.75. The van der Waals surface area contributed by atoms with Gasteiger partial charge < -0.3 is 10.2 Å². The number of hydrogen-bond donors (Lipinski definition) is 2. The molecule has 0 aliphatic carbocycles. The maximum absolute atomic E-state index is 8.70. The average molecular weight is 130 g/mol.